The summed E-state index contributed by atoms with van der Waals surface area (Å²) in [6.07, 6.45) is 2.83. The highest BCUT2D eigenvalue weighted by molar-refractivity contribution is 5.86. The molecule has 0 spiro atoms. The highest BCUT2D eigenvalue weighted by atomic mass is 19.1. The van der Waals surface area contributed by atoms with Gasteiger partial charge in [0.05, 0.1) is 12.4 Å². The van der Waals surface area contributed by atoms with E-state index in [1.165, 1.54) is 0 Å². The van der Waals surface area contributed by atoms with Crippen LogP contribution in [-0.4, -0.2) is 73.0 Å². The van der Waals surface area contributed by atoms with E-state index in [1.54, 1.807) is 10.9 Å². The number of carbonyl (C=O) groups excluding carboxylic acids is 1. The predicted molar refractivity (Wildman–Crippen MR) is 99.6 cm³/mol. The lowest BCUT2D eigenvalue weighted by Crippen LogP contribution is -2.51. The van der Waals surface area contributed by atoms with Crippen LogP contribution >= 0.6 is 0 Å². The van der Waals surface area contributed by atoms with Gasteiger partial charge in [0.15, 0.2) is 0 Å². The van der Waals surface area contributed by atoms with Gasteiger partial charge in [-0.3, -0.25) is 13.9 Å². The summed E-state index contributed by atoms with van der Waals surface area (Å²) >= 11 is 0. The Kier molecular flexibility index (Phi) is 10.8. The van der Waals surface area contributed by atoms with Crippen LogP contribution in [0, 0.1) is 0 Å². The average Bonchev–Trinajstić information content (AvgIpc) is 3.12. The van der Waals surface area contributed by atoms with Gasteiger partial charge in [0.2, 0.25) is 0 Å². The van der Waals surface area contributed by atoms with Crippen LogP contribution in [0.1, 0.15) is 44.2 Å². The van der Waals surface area contributed by atoms with E-state index in [-0.39, 0.29) is 12.8 Å². The lowest BCUT2D eigenvalue weighted by atomic mass is 10.1. The second-order valence-electron chi connectivity index (χ2n) is 6.59. The number of rotatable bonds is 15. The van der Waals surface area contributed by atoms with E-state index < -0.39 is 49.1 Å². The molecule has 1 rings (SSSR count). The molecule has 5 N–H and O–H groups in total. The third kappa shape index (κ3) is 9.80. The zero-order chi connectivity index (χ0) is 22.5. The molecule has 0 fully saturated rings. The van der Waals surface area contributed by atoms with E-state index in [9.17, 15) is 28.7 Å². The van der Waals surface area contributed by atoms with Crippen molar-refractivity contribution in [1.29, 1.82) is 0 Å². The summed E-state index contributed by atoms with van der Waals surface area (Å²) in [7, 11) is 0. The van der Waals surface area contributed by atoms with Crippen molar-refractivity contribution in [3.63, 3.8) is 0 Å². The van der Waals surface area contributed by atoms with Crippen molar-refractivity contribution in [2.24, 2.45) is 0 Å². The number of hydrogen-bond acceptors (Lipinski definition) is 6. The van der Waals surface area contributed by atoms with Crippen LogP contribution in [0.2, 0.25) is 0 Å². The smallest absolute Gasteiger partial charge is 0.326 e. The number of amides is 2. The van der Waals surface area contributed by atoms with Gasteiger partial charge in [-0.05, 0) is 38.5 Å². The zero-order valence-corrected chi connectivity index (χ0v) is 16.3. The molecule has 0 radical (unpaired) electrons. The van der Waals surface area contributed by atoms with Crippen LogP contribution in [0.5, 0.6) is 0 Å². The quantitative estimate of drug-likeness (QED) is 0.246. The predicted octanol–water partition coefficient (Wildman–Crippen LogP) is 0.421. The van der Waals surface area contributed by atoms with Crippen molar-refractivity contribution in [1.82, 2.24) is 25.6 Å². The fraction of sp³-hybridized carbons (Fsp3) is 0.647. The first-order valence-corrected chi connectivity index (χ1v) is 9.42. The maximum absolute atomic E-state index is 12.2. The number of unbranched alkanes of at least 4 members (excludes halogenated alkanes) is 1. The van der Waals surface area contributed by atoms with Gasteiger partial charge in [-0.1, -0.05) is 5.21 Å². The maximum atomic E-state index is 12.2. The van der Waals surface area contributed by atoms with E-state index in [1.807, 2.05) is 0 Å². The highest BCUT2D eigenvalue weighted by Crippen LogP contribution is 2.06. The number of carboxylic acid groups (broad SMARTS) is 3. The molecule has 1 aromatic rings. The number of nitrogens with zero attached hydrogens (tertiary/aromatic N) is 3. The van der Waals surface area contributed by atoms with Crippen LogP contribution < -0.4 is 10.6 Å². The molecule has 168 valence electrons. The van der Waals surface area contributed by atoms with Gasteiger partial charge in [0, 0.05) is 19.2 Å². The average molecular weight is 431 g/mol. The summed E-state index contributed by atoms with van der Waals surface area (Å²) in [5.41, 5.74) is 0.672. The second-order valence-corrected chi connectivity index (χ2v) is 6.59. The van der Waals surface area contributed by atoms with Crippen LogP contribution in [0.25, 0.3) is 0 Å². The van der Waals surface area contributed by atoms with Crippen molar-refractivity contribution in [2.75, 3.05) is 6.67 Å². The second kappa shape index (κ2) is 13.1. The first kappa shape index (κ1) is 24.8. The van der Waals surface area contributed by atoms with Gasteiger partial charge < -0.3 is 26.0 Å². The summed E-state index contributed by atoms with van der Waals surface area (Å²) in [5, 5.41) is 38.9. The van der Waals surface area contributed by atoms with E-state index >= 15 is 0 Å². The van der Waals surface area contributed by atoms with E-state index in [0.717, 1.165) is 0 Å². The molecule has 13 heteroatoms. The molecule has 0 aliphatic heterocycles. The maximum Gasteiger partial charge on any atom is 0.326 e. The molecule has 0 aromatic carbocycles. The van der Waals surface area contributed by atoms with Crippen LogP contribution in [0.3, 0.4) is 0 Å². The number of aryl methyl sites for hydroxylation is 2. The molecule has 30 heavy (non-hydrogen) atoms. The number of carboxylic acids is 3. The van der Waals surface area contributed by atoms with Crippen molar-refractivity contribution >= 4 is 23.9 Å². The largest absolute Gasteiger partial charge is 0.481 e. The summed E-state index contributed by atoms with van der Waals surface area (Å²) in [6, 6.07) is -3.70. The number of aromatic nitrogens is 3. The molecule has 0 aliphatic rings. The minimum atomic E-state index is -1.45. The fourth-order valence-corrected chi connectivity index (χ4v) is 2.57. The van der Waals surface area contributed by atoms with Gasteiger partial charge in [-0.2, -0.15) is 0 Å². The molecular formula is C17H26FN5O7. The monoisotopic (exact) mass is 431 g/mol. The Hall–Kier alpha value is -3.25. The van der Waals surface area contributed by atoms with E-state index in [4.69, 9.17) is 10.2 Å². The Labute approximate surface area is 171 Å². The van der Waals surface area contributed by atoms with Crippen molar-refractivity contribution in [3.8, 4) is 0 Å². The third-order valence-corrected chi connectivity index (χ3v) is 4.14. The Morgan fingerprint density at radius 2 is 1.63 bits per heavy atom. The molecule has 1 aromatic heterocycles. The number of aliphatic carboxylic acids is 3. The normalized spacial score (nSPS) is 12.7. The molecule has 2 amide bonds. The van der Waals surface area contributed by atoms with Crippen molar-refractivity contribution < 1.29 is 38.9 Å². The Balaban J connectivity index is 2.43. The molecule has 0 saturated heterocycles. The number of urea groups is 1. The standard InChI is InChI=1S/C17H26FN5O7/c18-8-3-4-11-10-23(22-21-11)9-2-1-5-12(15(26)27)19-17(30)20-13(16(28)29)6-7-14(24)25/h10,12-13H,1-9H2,(H,24,25)(H,26,27)(H,28,29)(H2,19,20,30)/t12-,13?/m0/s1. The molecular weight excluding hydrogens is 405 g/mol. The van der Waals surface area contributed by atoms with Crippen molar-refractivity contribution in [3.05, 3.63) is 11.9 Å². The van der Waals surface area contributed by atoms with Gasteiger partial charge in [0.1, 0.15) is 12.1 Å². The Morgan fingerprint density at radius 3 is 2.20 bits per heavy atom. The molecule has 0 bridgehead atoms. The first-order valence-electron chi connectivity index (χ1n) is 9.42. The Morgan fingerprint density at radius 1 is 1.00 bits per heavy atom. The summed E-state index contributed by atoms with van der Waals surface area (Å²) in [4.78, 5) is 44.9. The van der Waals surface area contributed by atoms with Gasteiger partial charge in [-0.15, -0.1) is 5.10 Å². The molecule has 2 atom stereocenters. The summed E-state index contributed by atoms with van der Waals surface area (Å²) in [6.45, 7) is 0.0359. The van der Waals surface area contributed by atoms with E-state index in [2.05, 4.69) is 20.9 Å². The minimum absolute atomic E-state index is 0.0963. The van der Waals surface area contributed by atoms with Crippen LogP contribution in [0.15, 0.2) is 6.20 Å². The SMILES string of the molecule is O=C(O)CCC(NC(=O)N[C@@H](CCCCn1cc(CCCF)nn1)C(=O)O)C(=O)O. The molecule has 1 heterocycles. The number of alkyl halides is 1. The third-order valence-electron chi connectivity index (χ3n) is 4.14. The lowest BCUT2D eigenvalue weighted by Gasteiger charge is -2.18. The van der Waals surface area contributed by atoms with Gasteiger partial charge in [-0.25, -0.2) is 14.4 Å². The van der Waals surface area contributed by atoms with Gasteiger partial charge >= 0.3 is 23.9 Å². The van der Waals surface area contributed by atoms with Gasteiger partial charge in [0.25, 0.3) is 0 Å². The fourth-order valence-electron chi connectivity index (χ4n) is 2.57. The molecule has 12 nitrogen and oxygen atoms in total. The summed E-state index contributed by atoms with van der Waals surface area (Å²) in [5.74, 6) is -3.91. The topological polar surface area (TPSA) is 184 Å². The number of halogens is 1. The molecule has 1 unspecified atom stereocenters. The highest BCUT2D eigenvalue weighted by Gasteiger charge is 2.24. The molecule has 0 saturated carbocycles. The Bertz CT molecular complexity index is 727. The van der Waals surface area contributed by atoms with Crippen molar-refractivity contribution in [2.45, 2.75) is 63.6 Å². The number of nitrogens with one attached hydrogen (secondary N) is 2. The lowest BCUT2D eigenvalue weighted by molar-refractivity contribution is -0.140. The number of carbonyl (C=O) groups is 4. The number of hydrogen-bond donors (Lipinski definition) is 5. The molecule has 0 aliphatic carbocycles. The minimum Gasteiger partial charge on any atom is -0.481 e. The van der Waals surface area contributed by atoms with Crippen LogP contribution in [-0.2, 0) is 27.3 Å². The van der Waals surface area contributed by atoms with E-state index in [0.29, 0.717) is 37.9 Å². The zero-order valence-electron chi connectivity index (χ0n) is 16.3. The first-order chi connectivity index (χ1) is 14.2. The summed E-state index contributed by atoms with van der Waals surface area (Å²) < 4.78 is 13.7. The van der Waals surface area contributed by atoms with Crippen LogP contribution in [0.4, 0.5) is 9.18 Å².